The van der Waals surface area contributed by atoms with Crippen LogP contribution in [0.4, 0.5) is 17.6 Å². The average molecular weight is 293 g/mol. The van der Waals surface area contributed by atoms with Crippen molar-refractivity contribution >= 4 is 18.3 Å². The molecule has 0 aromatic heterocycles. The van der Waals surface area contributed by atoms with Gasteiger partial charge in [-0.2, -0.15) is 17.6 Å². The summed E-state index contributed by atoms with van der Waals surface area (Å²) in [7, 11) is 0. The normalized spacial score (nSPS) is 24.3. The van der Waals surface area contributed by atoms with Crippen molar-refractivity contribution in [3.8, 4) is 0 Å². The minimum atomic E-state index is -4.17. The van der Waals surface area contributed by atoms with Gasteiger partial charge in [-0.05, 0) is 5.92 Å². The second-order valence-electron chi connectivity index (χ2n) is 4.51. The molecule has 8 heteroatoms. The van der Waals surface area contributed by atoms with Gasteiger partial charge in [-0.25, -0.2) is 0 Å². The summed E-state index contributed by atoms with van der Waals surface area (Å²) in [4.78, 5) is 12.1. The molecule has 1 rings (SSSR count). The topological polar surface area (TPSA) is 46.3 Å². The standard InChI is InChI=1S/C10H16F4N2O.ClH/c1-3-6(2)7(15)8(17)16-4-9(11,12)10(13,14)5-16;/h6-7H,3-5,15H2,1-2H3;1H/t6-,7+;/m1./s1. The molecule has 1 heterocycles. The Morgan fingerprint density at radius 3 is 2.00 bits per heavy atom. The molecule has 1 aliphatic heterocycles. The molecule has 1 fully saturated rings. The van der Waals surface area contributed by atoms with Gasteiger partial charge in [-0.1, -0.05) is 20.3 Å². The monoisotopic (exact) mass is 292 g/mol. The third kappa shape index (κ3) is 3.06. The number of nitrogens with two attached hydrogens (primary N) is 1. The van der Waals surface area contributed by atoms with Gasteiger partial charge in [0.15, 0.2) is 0 Å². The van der Waals surface area contributed by atoms with Crippen LogP contribution < -0.4 is 5.73 Å². The summed E-state index contributed by atoms with van der Waals surface area (Å²) in [5.41, 5.74) is 5.55. The summed E-state index contributed by atoms with van der Waals surface area (Å²) in [6, 6.07) is -1.01. The second-order valence-corrected chi connectivity index (χ2v) is 4.51. The van der Waals surface area contributed by atoms with E-state index in [1.807, 2.05) is 0 Å². The van der Waals surface area contributed by atoms with E-state index in [0.29, 0.717) is 11.3 Å². The summed E-state index contributed by atoms with van der Waals surface area (Å²) in [6.45, 7) is 0.936. The highest BCUT2D eigenvalue weighted by Crippen LogP contribution is 2.41. The quantitative estimate of drug-likeness (QED) is 0.808. The number of likely N-dealkylation sites (tertiary alicyclic amines) is 1. The maximum absolute atomic E-state index is 12.9. The van der Waals surface area contributed by atoms with E-state index in [0.717, 1.165) is 0 Å². The first-order valence-corrected chi connectivity index (χ1v) is 5.42. The number of carbonyl (C=O) groups is 1. The van der Waals surface area contributed by atoms with E-state index in [2.05, 4.69) is 0 Å². The minimum Gasteiger partial charge on any atom is -0.329 e. The Morgan fingerprint density at radius 2 is 1.67 bits per heavy atom. The van der Waals surface area contributed by atoms with Crippen molar-refractivity contribution in [3.63, 3.8) is 0 Å². The molecule has 0 aliphatic carbocycles. The van der Waals surface area contributed by atoms with Gasteiger partial charge in [0.1, 0.15) is 0 Å². The van der Waals surface area contributed by atoms with Crippen molar-refractivity contribution in [2.45, 2.75) is 38.2 Å². The number of hydrogen-bond acceptors (Lipinski definition) is 2. The summed E-state index contributed by atoms with van der Waals surface area (Å²) >= 11 is 0. The Kier molecular flexibility index (Phi) is 5.43. The number of carbonyl (C=O) groups excluding carboxylic acids is 1. The smallest absolute Gasteiger partial charge is 0.329 e. The molecular weight excluding hydrogens is 276 g/mol. The van der Waals surface area contributed by atoms with Crippen molar-refractivity contribution in [1.82, 2.24) is 4.90 Å². The number of hydrogen-bond donors (Lipinski definition) is 1. The molecular formula is C10H17ClF4N2O. The van der Waals surface area contributed by atoms with Gasteiger partial charge < -0.3 is 10.6 Å². The summed E-state index contributed by atoms with van der Waals surface area (Å²) in [6.07, 6.45) is 0.577. The molecule has 0 aromatic carbocycles. The van der Waals surface area contributed by atoms with Gasteiger partial charge in [-0.15, -0.1) is 12.4 Å². The number of amides is 1. The SMILES string of the molecule is CC[C@@H](C)[C@H](N)C(=O)N1CC(F)(F)C(F)(F)C1.Cl. The van der Waals surface area contributed by atoms with Crippen LogP contribution in [0.25, 0.3) is 0 Å². The van der Waals surface area contributed by atoms with E-state index in [1.54, 1.807) is 13.8 Å². The number of rotatable bonds is 3. The van der Waals surface area contributed by atoms with Crippen molar-refractivity contribution in [2.75, 3.05) is 13.1 Å². The molecule has 0 radical (unpaired) electrons. The lowest BCUT2D eigenvalue weighted by molar-refractivity contribution is -0.172. The van der Waals surface area contributed by atoms with Gasteiger partial charge in [0.2, 0.25) is 5.91 Å². The number of halogens is 5. The van der Waals surface area contributed by atoms with Gasteiger partial charge in [0, 0.05) is 0 Å². The van der Waals surface area contributed by atoms with E-state index in [-0.39, 0.29) is 18.3 Å². The maximum atomic E-state index is 12.9. The molecule has 0 aromatic rings. The fourth-order valence-electron chi connectivity index (χ4n) is 1.63. The zero-order valence-electron chi connectivity index (χ0n) is 10.1. The Hall–Kier alpha value is -0.560. The molecule has 1 saturated heterocycles. The Labute approximate surface area is 109 Å². The molecule has 2 N–H and O–H groups in total. The highest BCUT2D eigenvalue weighted by Gasteiger charge is 2.64. The van der Waals surface area contributed by atoms with Crippen molar-refractivity contribution in [1.29, 1.82) is 0 Å². The average Bonchev–Trinajstić information content (AvgIpc) is 2.45. The van der Waals surface area contributed by atoms with Crippen molar-refractivity contribution < 1.29 is 22.4 Å². The highest BCUT2D eigenvalue weighted by atomic mass is 35.5. The first-order chi connectivity index (χ1) is 7.62. The summed E-state index contributed by atoms with van der Waals surface area (Å²) in [5, 5.41) is 0. The first kappa shape index (κ1) is 17.4. The van der Waals surface area contributed by atoms with Crippen LogP contribution in [-0.2, 0) is 4.79 Å². The van der Waals surface area contributed by atoms with E-state index < -0.39 is 36.9 Å². The Morgan fingerprint density at radius 1 is 1.28 bits per heavy atom. The van der Waals surface area contributed by atoms with Gasteiger partial charge in [-0.3, -0.25) is 4.79 Å². The maximum Gasteiger partial charge on any atom is 0.329 e. The third-order valence-electron chi connectivity index (χ3n) is 3.17. The highest BCUT2D eigenvalue weighted by molar-refractivity contribution is 5.85. The zero-order valence-corrected chi connectivity index (χ0v) is 10.9. The first-order valence-electron chi connectivity index (χ1n) is 5.42. The van der Waals surface area contributed by atoms with Crippen LogP contribution in [0.3, 0.4) is 0 Å². The van der Waals surface area contributed by atoms with E-state index in [1.165, 1.54) is 0 Å². The molecule has 18 heavy (non-hydrogen) atoms. The molecule has 0 spiro atoms. The van der Waals surface area contributed by atoms with Crippen LogP contribution in [0, 0.1) is 5.92 Å². The van der Waals surface area contributed by atoms with Crippen molar-refractivity contribution in [3.05, 3.63) is 0 Å². The lowest BCUT2D eigenvalue weighted by Gasteiger charge is -2.23. The van der Waals surface area contributed by atoms with Crippen LogP contribution in [0.2, 0.25) is 0 Å². The second kappa shape index (κ2) is 5.61. The number of nitrogens with zero attached hydrogens (tertiary/aromatic N) is 1. The fourth-order valence-corrected chi connectivity index (χ4v) is 1.63. The minimum absolute atomic E-state index is 0. The molecule has 1 amide bonds. The van der Waals surface area contributed by atoms with E-state index >= 15 is 0 Å². The largest absolute Gasteiger partial charge is 0.329 e. The Bertz CT molecular complexity index is 298. The predicted molar refractivity (Wildman–Crippen MR) is 61.2 cm³/mol. The number of alkyl halides is 4. The van der Waals surface area contributed by atoms with E-state index in [4.69, 9.17) is 5.73 Å². The van der Waals surface area contributed by atoms with Crippen LogP contribution in [0.5, 0.6) is 0 Å². The molecule has 0 unspecified atom stereocenters. The lowest BCUT2D eigenvalue weighted by atomic mass is 9.99. The zero-order chi connectivity index (χ0) is 13.4. The van der Waals surface area contributed by atoms with Crippen LogP contribution in [0.15, 0.2) is 0 Å². The van der Waals surface area contributed by atoms with Gasteiger partial charge in [0.05, 0.1) is 19.1 Å². The Balaban J connectivity index is 0.00000289. The molecule has 1 aliphatic rings. The van der Waals surface area contributed by atoms with Crippen LogP contribution in [0.1, 0.15) is 20.3 Å². The van der Waals surface area contributed by atoms with Crippen molar-refractivity contribution in [2.24, 2.45) is 11.7 Å². The van der Waals surface area contributed by atoms with Gasteiger partial charge in [0.25, 0.3) is 0 Å². The molecule has 0 bridgehead atoms. The molecule has 108 valence electrons. The molecule has 2 atom stereocenters. The molecule has 0 saturated carbocycles. The van der Waals surface area contributed by atoms with E-state index in [9.17, 15) is 22.4 Å². The van der Waals surface area contributed by atoms with Crippen LogP contribution >= 0.6 is 12.4 Å². The molecule has 3 nitrogen and oxygen atoms in total. The van der Waals surface area contributed by atoms with Crippen LogP contribution in [-0.4, -0.2) is 41.8 Å². The fraction of sp³-hybridized carbons (Fsp3) is 0.900. The van der Waals surface area contributed by atoms with Gasteiger partial charge >= 0.3 is 11.8 Å². The third-order valence-corrected chi connectivity index (χ3v) is 3.17. The lowest BCUT2D eigenvalue weighted by Crippen LogP contribution is -2.46. The summed E-state index contributed by atoms with van der Waals surface area (Å²) in [5.74, 6) is -9.41. The summed E-state index contributed by atoms with van der Waals surface area (Å²) < 4.78 is 51.6. The predicted octanol–water partition coefficient (Wildman–Crippen LogP) is 1.89.